The second-order valence-corrected chi connectivity index (χ2v) is 7.85. The maximum absolute atomic E-state index is 12.9. The number of carbonyl (C=O) groups is 2. The number of nitrogens with zero attached hydrogens (tertiary/aromatic N) is 1. The summed E-state index contributed by atoms with van der Waals surface area (Å²) >= 11 is 12.0. The van der Waals surface area contributed by atoms with Gasteiger partial charge in [0.2, 0.25) is 0 Å². The number of Topliss-reactive ketones (excluding diaryl/α,β-unsaturated/α-hetero) is 1. The Morgan fingerprint density at radius 1 is 1.03 bits per heavy atom. The quantitative estimate of drug-likeness (QED) is 0.340. The molecule has 1 saturated heterocycles. The summed E-state index contributed by atoms with van der Waals surface area (Å²) in [7, 11) is 0. The van der Waals surface area contributed by atoms with Crippen LogP contribution in [0.25, 0.3) is 5.76 Å². The molecule has 1 heterocycles. The Bertz CT molecular complexity index is 985. The maximum atomic E-state index is 12.9. The van der Waals surface area contributed by atoms with E-state index in [9.17, 15) is 14.7 Å². The highest BCUT2D eigenvalue weighted by Gasteiger charge is 2.45. The first kappa shape index (κ1) is 22.2. The third kappa shape index (κ3) is 4.32. The first-order chi connectivity index (χ1) is 14.4. The Morgan fingerprint density at radius 3 is 2.33 bits per heavy atom. The van der Waals surface area contributed by atoms with Gasteiger partial charge in [-0.05, 0) is 48.7 Å². The van der Waals surface area contributed by atoms with Gasteiger partial charge >= 0.3 is 0 Å². The second-order valence-electron chi connectivity index (χ2n) is 7.04. The van der Waals surface area contributed by atoms with E-state index in [1.165, 1.54) is 17.0 Å². The number of ether oxygens (including phenoxy) is 1. The van der Waals surface area contributed by atoms with Gasteiger partial charge in [0.25, 0.3) is 11.7 Å². The molecule has 158 valence electrons. The van der Waals surface area contributed by atoms with Crippen molar-refractivity contribution in [3.63, 3.8) is 0 Å². The van der Waals surface area contributed by atoms with Crippen molar-refractivity contribution in [2.45, 2.75) is 32.7 Å². The van der Waals surface area contributed by atoms with Crippen LogP contribution in [-0.4, -0.2) is 34.8 Å². The molecule has 1 fully saturated rings. The number of likely N-dealkylation sites (tertiary alicyclic amines) is 1. The van der Waals surface area contributed by atoms with Crippen molar-refractivity contribution in [3.05, 3.63) is 69.2 Å². The summed E-state index contributed by atoms with van der Waals surface area (Å²) in [6.07, 6.45) is 1.57. The zero-order chi connectivity index (χ0) is 21.8. The summed E-state index contributed by atoms with van der Waals surface area (Å²) in [6, 6.07) is 11.1. The number of rotatable bonds is 7. The van der Waals surface area contributed by atoms with Crippen LogP contribution in [-0.2, 0) is 9.59 Å². The van der Waals surface area contributed by atoms with E-state index < -0.39 is 17.7 Å². The molecule has 0 bridgehead atoms. The smallest absolute Gasteiger partial charge is 0.295 e. The Kier molecular flexibility index (Phi) is 7.06. The molecule has 0 saturated carbocycles. The van der Waals surface area contributed by atoms with Gasteiger partial charge in [-0.2, -0.15) is 0 Å². The maximum Gasteiger partial charge on any atom is 0.295 e. The summed E-state index contributed by atoms with van der Waals surface area (Å²) in [5, 5.41) is 11.5. The average Bonchev–Trinajstić information content (AvgIpc) is 2.99. The topological polar surface area (TPSA) is 66.8 Å². The fourth-order valence-corrected chi connectivity index (χ4v) is 3.76. The van der Waals surface area contributed by atoms with Crippen LogP contribution in [0.3, 0.4) is 0 Å². The highest BCUT2D eigenvalue weighted by molar-refractivity contribution is 6.46. The third-order valence-electron chi connectivity index (χ3n) is 4.87. The number of amides is 1. The molecule has 0 radical (unpaired) electrons. The lowest BCUT2D eigenvalue weighted by Crippen LogP contribution is -2.30. The molecular weight excluding hydrogens is 425 g/mol. The lowest BCUT2D eigenvalue weighted by Gasteiger charge is -2.25. The first-order valence-corrected chi connectivity index (χ1v) is 10.6. The largest absolute Gasteiger partial charge is 0.507 e. The van der Waals surface area contributed by atoms with Crippen LogP contribution in [0.4, 0.5) is 0 Å². The van der Waals surface area contributed by atoms with E-state index in [4.69, 9.17) is 27.9 Å². The summed E-state index contributed by atoms with van der Waals surface area (Å²) < 4.78 is 5.62. The summed E-state index contributed by atoms with van der Waals surface area (Å²) in [5.41, 5.74) is 1.08. The molecule has 7 heteroatoms. The lowest BCUT2D eigenvalue weighted by molar-refractivity contribution is -0.139. The highest BCUT2D eigenvalue weighted by atomic mass is 35.5. The van der Waals surface area contributed by atoms with Gasteiger partial charge in [-0.1, -0.05) is 49.2 Å². The lowest BCUT2D eigenvalue weighted by atomic mass is 9.95. The van der Waals surface area contributed by atoms with Gasteiger partial charge in [-0.3, -0.25) is 9.59 Å². The zero-order valence-corrected chi connectivity index (χ0v) is 18.3. The molecule has 1 amide bonds. The van der Waals surface area contributed by atoms with E-state index >= 15 is 0 Å². The number of aliphatic hydroxyl groups is 1. The number of hydrogen-bond acceptors (Lipinski definition) is 4. The van der Waals surface area contributed by atoms with Gasteiger partial charge in [-0.15, -0.1) is 0 Å². The molecule has 2 aromatic carbocycles. The van der Waals surface area contributed by atoms with Crippen LogP contribution in [0.2, 0.25) is 10.0 Å². The van der Waals surface area contributed by atoms with E-state index in [1.54, 1.807) is 18.2 Å². The van der Waals surface area contributed by atoms with Crippen LogP contribution >= 0.6 is 23.2 Å². The van der Waals surface area contributed by atoms with Crippen molar-refractivity contribution in [3.8, 4) is 5.75 Å². The number of halogens is 2. The number of ketones is 1. The van der Waals surface area contributed by atoms with E-state index in [-0.39, 0.29) is 16.4 Å². The highest BCUT2D eigenvalue weighted by Crippen LogP contribution is 2.40. The molecule has 30 heavy (non-hydrogen) atoms. The minimum atomic E-state index is -0.719. The van der Waals surface area contributed by atoms with Gasteiger partial charge in [0.1, 0.15) is 11.5 Å². The standard InChI is InChI=1S/C23H23Cl2NO4/c1-3-11-26-20(14-5-8-16(9-6-14)30-12-4-2)19(22(28)23(26)29)21(27)15-7-10-17(24)18(25)13-15/h5-10,13,20,27H,3-4,11-12H2,1-2H3/b21-19-. The normalized spacial score (nSPS) is 18.1. The molecule has 1 aliphatic rings. The number of benzene rings is 2. The van der Waals surface area contributed by atoms with E-state index in [1.807, 2.05) is 26.0 Å². The summed E-state index contributed by atoms with van der Waals surface area (Å²) in [5.74, 6) is -0.919. The SMILES string of the molecule is CCCOc1ccc(C2/C(=C(/O)c3ccc(Cl)c(Cl)c3)C(=O)C(=O)N2CCC)cc1. The van der Waals surface area contributed by atoms with Gasteiger partial charge in [0.05, 0.1) is 28.3 Å². The molecule has 1 aliphatic heterocycles. The van der Waals surface area contributed by atoms with Crippen molar-refractivity contribution in [1.29, 1.82) is 0 Å². The minimum absolute atomic E-state index is 0.0362. The first-order valence-electron chi connectivity index (χ1n) is 9.85. The Morgan fingerprint density at radius 2 is 1.73 bits per heavy atom. The molecule has 2 aromatic rings. The van der Waals surface area contributed by atoms with Gasteiger partial charge in [0.15, 0.2) is 0 Å². The van der Waals surface area contributed by atoms with Gasteiger partial charge < -0.3 is 14.7 Å². The monoisotopic (exact) mass is 447 g/mol. The van der Waals surface area contributed by atoms with Crippen molar-refractivity contribution in [2.75, 3.05) is 13.2 Å². The van der Waals surface area contributed by atoms with Crippen molar-refractivity contribution < 1.29 is 19.4 Å². The predicted octanol–water partition coefficient (Wildman–Crippen LogP) is 5.61. The molecule has 1 unspecified atom stereocenters. The van der Waals surface area contributed by atoms with E-state index in [0.29, 0.717) is 41.5 Å². The second kappa shape index (κ2) is 9.54. The summed E-state index contributed by atoms with van der Waals surface area (Å²) in [6.45, 7) is 4.94. The fraction of sp³-hybridized carbons (Fsp3) is 0.304. The van der Waals surface area contributed by atoms with Gasteiger partial charge in [-0.25, -0.2) is 0 Å². The molecule has 1 atom stereocenters. The molecule has 0 aliphatic carbocycles. The number of carbonyl (C=O) groups excluding carboxylic acids is 2. The van der Waals surface area contributed by atoms with Crippen molar-refractivity contribution in [1.82, 2.24) is 4.90 Å². The van der Waals surface area contributed by atoms with Crippen LogP contribution in [0.1, 0.15) is 43.9 Å². The molecule has 0 spiro atoms. The third-order valence-corrected chi connectivity index (χ3v) is 5.61. The Labute approximate surface area is 185 Å². The Hall–Kier alpha value is -2.50. The van der Waals surface area contributed by atoms with E-state index in [2.05, 4.69) is 0 Å². The molecule has 3 rings (SSSR count). The summed E-state index contributed by atoms with van der Waals surface area (Å²) in [4.78, 5) is 27.1. The van der Waals surface area contributed by atoms with Crippen LogP contribution in [0.5, 0.6) is 5.75 Å². The van der Waals surface area contributed by atoms with Crippen molar-refractivity contribution in [2.24, 2.45) is 0 Å². The van der Waals surface area contributed by atoms with Crippen LogP contribution in [0.15, 0.2) is 48.0 Å². The zero-order valence-electron chi connectivity index (χ0n) is 16.8. The average molecular weight is 448 g/mol. The van der Waals surface area contributed by atoms with E-state index in [0.717, 1.165) is 6.42 Å². The number of hydrogen-bond donors (Lipinski definition) is 1. The van der Waals surface area contributed by atoms with Crippen LogP contribution < -0.4 is 4.74 Å². The molecule has 5 nitrogen and oxygen atoms in total. The van der Waals surface area contributed by atoms with Crippen molar-refractivity contribution >= 4 is 40.7 Å². The van der Waals surface area contributed by atoms with Crippen LogP contribution in [0, 0.1) is 0 Å². The molecule has 1 N–H and O–H groups in total. The predicted molar refractivity (Wildman–Crippen MR) is 118 cm³/mol. The minimum Gasteiger partial charge on any atom is -0.507 e. The molecule has 0 aromatic heterocycles. The van der Waals surface area contributed by atoms with Gasteiger partial charge in [0, 0.05) is 12.1 Å². The molecular formula is C23H23Cl2NO4. The Balaban J connectivity index is 2.10. The fourth-order valence-electron chi connectivity index (χ4n) is 3.46. The number of aliphatic hydroxyl groups excluding tert-OH is 1.